The Morgan fingerprint density at radius 1 is 1.55 bits per heavy atom. The first-order valence-electron chi connectivity index (χ1n) is 3.97. The van der Waals surface area contributed by atoms with E-state index in [0.29, 0.717) is 6.61 Å². The van der Waals surface area contributed by atoms with Crippen LogP contribution in [0.25, 0.3) is 0 Å². The van der Waals surface area contributed by atoms with Gasteiger partial charge < -0.3 is 4.74 Å². The molecule has 1 saturated heterocycles. The van der Waals surface area contributed by atoms with Gasteiger partial charge in [-0.3, -0.25) is 0 Å². The minimum atomic E-state index is -0.257. The van der Waals surface area contributed by atoms with Crippen LogP contribution in [-0.2, 0) is 4.74 Å². The third-order valence-corrected chi connectivity index (χ3v) is 2.79. The fraction of sp³-hybridized carbons (Fsp3) is 0.889. The smallest absolute Gasteiger partial charge is 0.111 e. The van der Waals surface area contributed by atoms with Gasteiger partial charge in [0, 0.05) is 0 Å². The predicted molar refractivity (Wildman–Crippen MR) is 42.9 cm³/mol. The summed E-state index contributed by atoms with van der Waals surface area (Å²) in [4.78, 5) is 0. The number of ether oxygens (including phenoxy) is 1. The van der Waals surface area contributed by atoms with E-state index in [1.165, 1.54) is 0 Å². The lowest BCUT2D eigenvalue weighted by molar-refractivity contribution is -0.191. The lowest BCUT2D eigenvalue weighted by Crippen LogP contribution is -2.56. The van der Waals surface area contributed by atoms with Gasteiger partial charge in [0.1, 0.15) is 5.41 Å². The molecule has 1 fully saturated rings. The number of nitrogens with zero attached hydrogens (tertiary/aromatic N) is 1. The monoisotopic (exact) mass is 153 g/mol. The Bertz CT molecular complexity index is 199. The van der Waals surface area contributed by atoms with E-state index in [1.54, 1.807) is 0 Å². The molecule has 11 heavy (non-hydrogen) atoms. The van der Waals surface area contributed by atoms with Crippen LogP contribution in [0, 0.1) is 22.2 Å². The maximum atomic E-state index is 9.01. The molecule has 1 rings (SSSR count). The van der Waals surface area contributed by atoms with Crippen LogP contribution in [-0.4, -0.2) is 12.7 Å². The summed E-state index contributed by atoms with van der Waals surface area (Å²) in [5, 5.41) is 9.01. The molecular weight excluding hydrogens is 138 g/mol. The molecule has 0 spiro atoms. The van der Waals surface area contributed by atoms with Gasteiger partial charge in [-0.1, -0.05) is 20.8 Å². The summed E-state index contributed by atoms with van der Waals surface area (Å²) < 4.78 is 5.24. The van der Waals surface area contributed by atoms with Crippen LogP contribution in [0.2, 0.25) is 0 Å². The molecule has 0 radical (unpaired) electrons. The van der Waals surface area contributed by atoms with Crippen molar-refractivity contribution in [3.63, 3.8) is 0 Å². The van der Waals surface area contributed by atoms with Crippen molar-refractivity contribution in [2.24, 2.45) is 10.8 Å². The number of hydrogen-bond acceptors (Lipinski definition) is 2. The second-order valence-corrected chi connectivity index (χ2v) is 4.29. The van der Waals surface area contributed by atoms with Gasteiger partial charge in [0.25, 0.3) is 0 Å². The molecule has 2 atom stereocenters. The highest BCUT2D eigenvalue weighted by Gasteiger charge is 2.54. The molecule has 0 aromatic rings. The van der Waals surface area contributed by atoms with Crippen molar-refractivity contribution in [3.8, 4) is 6.07 Å². The Kier molecular flexibility index (Phi) is 1.72. The van der Waals surface area contributed by atoms with E-state index in [-0.39, 0.29) is 16.9 Å². The minimum Gasteiger partial charge on any atom is -0.375 e. The Hall–Kier alpha value is -0.550. The average Bonchev–Trinajstić information content (AvgIpc) is 1.84. The van der Waals surface area contributed by atoms with Gasteiger partial charge in [-0.05, 0) is 12.3 Å². The Balaban J connectivity index is 2.88. The van der Waals surface area contributed by atoms with E-state index in [2.05, 4.69) is 26.8 Å². The van der Waals surface area contributed by atoms with Crippen molar-refractivity contribution in [3.05, 3.63) is 0 Å². The van der Waals surface area contributed by atoms with Crippen LogP contribution in [0.4, 0.5) is 0 Å². The molecule has 0 saturated carbocycles. The summed E-state index contributed by atoms with van der Waals surface area (Å²) in [5.74, 6) is 0. The van der Waals surface area contributed by atoms with Gasteiger partial charge in [-0.25, -0.2) is 0 Å². The first-order chi connectivity index (χ1) is 4.94. The quantitative estimate of drug-likeness (QED) is 0.533. The van der Waals surface area contributed by atoms with Crippen LogP contribution in [0.1, 0.15) is 27.7 Å². The van der Waals surface area contributed by atoms with Crippen molar-refractivity contribution in [2.75, 3.05) is 6.61 Å². The van der Waals surface area contributed by atoms with Gasteiger partial charge >= 0.3 is 0 Å². The highest BCUT2D eigenvalue weighted by atomic mass is 16.5. The third-order valence-electron chi connectivity index (χ3n) is 2.79. The summed E-state index contributed by atoms with van der Waals surface area (Å²) in [5.41, 5.74) is -0.230. The summed E-state index contributed by atoms with van der Waals surface area (Å²) in [7, 11) is 0. The van der Waals surface area contributed by atoms with Crippen LogP contribution in [0.15, 0.2) is 0 Å². The zero-order chi connectivity index (χ0) is 8.70. The SMILES string of the molecule is CC1OCC1(C#N)C(C)(C)C. The molecular formula is C9H15NO. The highest BCUT2D eigenvalue weighted by Crippen LogP contribution is 2.48. The van der Waals surface area contributed by atoms with E-state index >= 15 is 0 Å². The standard InChI is InChI=1S/C9H15NO/c1-7-9(5-10,6-11-7)8(2,3)4/h7H,6H2,1-4H3. The summed E-state index contributed by atoms with van der Waals surface area (Å²) in [6.07, 6.45) is 0.0903. The number of rotatable bonds is 0. The molecule has 0 N–H and O–H groups in total. The molecule has 2 heteroatoms. The van der Waals surface area contributed by atoms with Gasteiger partial charge in [0.05, 0.1) is 18.8 Å². The van der Waals surface area contributed by atoms with E-state index in [4.69, 9.17) is 10.00 Å². The Morgan fingerprint density at radius 3 is 2.09 bits per heavy atom. The van der Waals surface area contributed by atoms with E-state index < -0.39 is 0 Å². The summed E-state index contributed by atoms with van der Waals surface area (Å²) in [6.45, 7) is 8.84. The van der Waals surface area contributed by atoms with Gasteiger partial charge in [0.2, 0.25) is 0 Å². The molecule has 0 bridgehead atoms. The van der Waals surface area contributed by atoms with Gasteiger partial charge in [-0.15, -0.1) is 0 Å². The molecule has 0 aromatic carbocycles. The molecule has 1 aliphatic heterocycles. The zero-order valence-corrected chi connectivity index (χ0v) is 7.64. The molecule has 2 nitrogen and oxygen atoms in total. The van der Waals surface area contributed by atoms with Crippen LogP contribution >= 0.6 is 0 Å². The lowest BCUT2D eigenvalue weighted by Gasteiger charge is -2.50. The van der Waals surface area contributed by atoms with E-state index in [1.807, 2.05) is 6.92 Å². The van der Waals surface area contributed by atoms with E-state index in [0.717, 1.165) is 0 Å². The van der Waals surface area contributed by atoms with Crippen LogP contribution < -0.4 is 0 Å². The summed E-state index contributed by atoms with van der Waals surface area (Å²) in [6, 6.07) is 2.38. The summed E-state index contributed by atoms with van der Waals surface area (Å²) >= 11 is 0. The second kappa shape index (κ2) is 2.22. The minimum absolute atomic E-state index is 0.0272. The van der Waals surface area contributed by atoms with Crippen molar-refractivity contribution >= 4 is 0 Å². The van der Waals surface area contributed by atoms with Crippen LogP contribution in [0.5, 0.6) is 0 Å². The third kappa shape index (κ3) is 0.954. The zero-order valence-electron chi connectivity index (χ0n) is 7.64. The number of hydrogen-bond donors (Lipinski definition) is 0. The molecule has 1 heterocycles. The first-order valence-corrected chi connectivity index (χ1v) is 3.97. The normalized spacial score (nSPS) is 37.5. The Morgan fingerprint density at radius 2 is 2.09 bits per heavy atom. The maximum Gasteiger partial charge on any atom is 0.111 e. The van der Waals surface area contributed by atoms with Gasteiger partial charge in [0.15, 0.2) is 0 Å². The maximum absolute atomic E-state index is 9.01. The second-order valence-electron chi connectivity index (χ2n) is 4.29. The number of nitriles is 1. The molecule has 0 aromatic heterocycles. The van der Waals surface area contributed by atoms with Gasteiger partial charge in [-0.2, -0.15) is 5.26 Å². The largest absolute Gasteiger partial charge is 0.375 e. The Labute approximate surface area is 68.2 Å². The van der Waals surface area contributed by atoms with E-state index in [9.17, 15) is 0 Å². The lowest BCUT2D eigenvalue weighted by atomic mass is 9.62. The molecule has 1 aliphatic rings. The van der Waals surface area contributed by atoms with Crippen molar-refractivity contribution in [1.82, 2.24) is 0 Å². The van der Waals surface area contributed by atoms with Crippen molar-refractivity contribution in [1.29, 1.82) is 5.26 Å². The fourth-order valence-electron chi connectivity index (χ4n) is 1.53. The first kappa shape index (κ1) is 8.55. The van der Waals surface area contributed by atoms with Crippen molar-refractivity contribution < 1.29 is 4.74 Å². The van der Waals surface area contributed by atoms with Crippen molar-refractivity contribution in [2.45, 2.75) is 33.8 Å². The molecule has 0 aliphatic carbocycles. The topological polar surface area (TPSA) is 33.0 Å². The molecule has 62 valence electrons. The van der Waals surface area contributed by atoms with Crippen LogP contribution in [0.3, 0.4) is 0 Å². The average molecular weight is 153 g/mol. The molecule has 2 unspecified atom stereocenters. The highest BCUT2D eigenvalue weighted by molar-refractivity contribution is 5.14. The predicted octanol–water partition coefficient (Wildman–Crippen LogP) is 1.96. The fourth-order valence-corrected chi connectivity index (χ4v) is 1.53. The molecule has 0 amide bonds.